The number of benzene rings is 1. The molecule has 0 amide bonds. The highest BCUT2D eigenvalue weighted by Crippen LogP contribution is 2.38. The van der Waals surface area contributed by atoms with E-state index in [1.807, 2.05) is 67.8 Å². The molecule has 0 bridgehead atoms. The number of methoxy groups -OCH3 is 1. The van der Waals surface area contributed by atoms with E-state index >= 15 is 0 Å². The Morgan fingerprint density at radius 2 is 1.55 bits per heavy atom. The van der Waals surface area contributed by atoms with Crippen LogP contribution in [0.2, 0.25) is 0 Å². The Morgan fingerprint density at radius 3 is 2.07 bits per heavy atom. The van der Waals surface area contributed by atoms with Crippen LogP contribution in [0.4, 0.5) is 5.69 Å². The molecule has 0 radical (unpaired) electrons. The van der Waals surface area contributed by atoms with Gasteiger partial charge in [0.15, 0.2) is 5.79 Å². The number of nitrogens with zero attached hydrogens (tertiary/aromatic N) is 3. The van der Waals surface area contributed by atoms with Gasteiger partial charge >= 0.3 is 0 Å². The molecule has 6 heteroatoms. The van der Waals surface area contributed by atoms with Gasteiger partial charge in [0.1, 0.15) is 5.75 Å². The van der Waals surface area contributed by atoms with Crippen molar-refractivity contribution in [3.05, 3.63) is 83.9 Å². The maximum Gasteiger partial charge on any atom is 0.192 e. The van der Waals surface area contributed by atoms with Crippen molar-refractivity contribution in [3.63, 3.8) is 0 Å². The fourth-order valence-electron chi connectivity index (χ4n) is 3.50. The summed E-state index contributed by atoms with van der Waals surface area (Å²) in [5, 5.41) is 0. The highest BCUT2D eigenvalue weighted by Gasteiger charge is 2.34. The van der Waals surface area contributed by atoms with E-state index < -0.39 is 5.79 Å². The van der Waals surface area contributed by atoms with Gasteiger partial charge in [-0.1, -0.05) is 18.2 Å². The number of rotatable bonds is 7. The first-order chi connectivity index (χ1) is 14.2. The maximum absolute atomic E-state index is 5.81. The Bertz CT molecular complexity index is 887. The second kappa shape index (κ2) is 8.59. The van der Waals surface area contributed by atoms with Gasteiger partial charge in [-0.25, -0.2) is 0 Å². The lowest BCUT2D eigenvalue weighted by Gasteiger charge is -2.28. The van der Waals surface area contributed by atoms with Gasteiger partial charge in [-0.2, -0.15) is 0 Å². The SMILES string of the molecule is COc1cc(C2(C)OCCO2)ccc1N(Cc1ccccn1)Cc1ccccn1. The minimum Gasteiger partial charge on any atom is -0.495 e. The molecule has 0 spiro atoms. The topological polar surface area (TPSA) is 56.7 Å². The zero-order chi connectivity index (χ0) is 20.1. The van der Waals surface area contributed by atoms with Crippen LogP contribution in [0.3, 0.4) is 0 Å². The Labute approximate surface area is 171 Å². The molecule has 1 aromatic carbocycles. The molecule has 3 aromatic rings. The average Bonchev–Trinajstić information content (AvgIpc) is 3.22. The standard InChI is InChI=1S/C23H25N3O3/c1-23(28-13-14-29-23)18-9-10-21(22(15-18)27-2)26(16-19-7-3-5-11-24-19)17-20-8-4-6-12-25-20/h3-12,15H,13-14,16-17H2,1-2H3. The van der Waals surface area contributed by atoms with E-state index in [4.69, 9.17) is 14.2 Å². The van der Waals surface area contributed by atoms with E-state index in [9.17, 15) is 0 Å². The zero-order valence-electron chi connectivity index (χ0n) is 16.7. The largest absolute Gasteiger partial charge is 0.495 e. The van der Waals surface area contributed by atoms with E-state index in [1.165, 1.54) is 0 Å². The summed E-state index contributed by atoms with van der Waals surface area (Å²) < 4.78 is 17.4. The van der Waals surface area contributed by atoms with E-state index in [0.29, 0.717) is 26.3 Å². The number of pyridine rings is 2. The molecule has 150 valence electrons. The molecule has 6 nitrogen and oxygen atoms in total. The van der Waals surface area contributed by atoms with Crippen LogP contribution in [0.1, 0.15) is 23.9 Å². The predicted octanol–water partition coefficient (Wildman–Crippen LogP) is 3.91. The van der Waals surface area contributed by atoms with Crippen molar-refractivity contribution in [2.75, 3.05) is 25.2 Å². The molecule has 29 heavy (non-hydrogen) atoms. The molecule has 1 fully saturated rings. The summed E-state index contributed by atoms with van der Waals surface area (Å²) in [4.78, 5) is 11.2. The highest BCUT2D eigenvalue weighted by atomic mass is 16.7. The molecule has 4 rings (SSSR count). The van der Waals surface area contributed by atoms with Crippen molar-refractivity contribution in [1.82, 2.24) is 9.97 Å². The van der Waals surface area contributed by atoms with E-state index in [0.717, 1.165) is 28.4 Å². The van der Waals surface area contributed by atoms with Gasteiger partial charge in [0.25, 0.3) is 0 Å². The van der Waals surface area contributed by atoms with Crippen LogP contribution in [0.15, 0.2) is 67.0 Å². The highest BCUT2D eigenvalue weighted by molar-refractivity contribution is 5.60. The van der Waals surface area contributed by atoms with Gasteiger partial charge in [0.05, 0.1) is 50.5 Å². The fourth-order valence-corrected chi connectivity index (χ4v) is 3.50. The van der Waals surface area contributed by atoms with Crippen LogP contribution in [-0.4, -0.2) is 30.3 Å². The van der Waals surface area contributed by atoms with Crippen molar-refractivity contribution in [2.24, 2.45) is 0 Å². The van der Waals surface area contributed by atoms with Crippen LogP contribution in [0, 0.1) is 0 Å². The monoisotopic (exact) mass is 391 g/mol. The predicted molar refractivity (Wildman–Crippen MR) is 111 cm³/mol. The summed E-state index contributed by atoms with van der Waals surface area (Å²) in [5.74, 6) is 0.0215. The number of hydrogen-bond acceptors (Lipinski definition) is 6. The summed E-state index contributed by atoms with van der Waals surface area (Å²) >= 11 is 0. The number of hydrogen-bond donors (Lipinski definition) is 0. The smallest absolute Gasteiger partial charge is 0.192 e. The van der Waals surface area contributed by atoms with Crippen molar-refractivity contribution in [2.45, 2.75) is 25.8 Å². The molecule has 3 heterocycles. The Kier molecular flexibility index (Phi) is 5.74. The van der Waals surface area contributed by atoms with E-state index in [2.05, 4.69) is 20.9 Å². The third-order valence-corrected chi connectivity index (χ3v) is 5.04. The molecule has 1 aliphatic rings. The second-order valence-corrected chi connectivity index (χ2v) is 7.03. The van der Waals surface area contributed by atoms with Gasteiger partial charge in [-0.05, 0) is 43.3 Å². The molecular formula is C23H25N3O3. The average molecular weight is 391 g/mol. The van der Waals surface area contributed by atoms with Gasteiger partial charge in [-0.15, -0.1) is 0 Å². The summed E-state index contributed by atoms with van der Waals surface area (Å²) in [5.41, 5.74) is 3.85. The number of anilines is 1. The third-order valence-electron chi connectivity index (χ3n) is 5.04. The maximum atomic E-state index is 5.81. The fraction of sp³-hybridized carbons (Fsp3) is 0.304. The molecule has 1 saturated heterocycles. The first-order valence-corrected chi connectivity index (χ1v) is 9.69. The molecule has 0 unspecified atom stereocenters. The first-order valence-electron chi connectivity index (χ1n) is 9.69. The van der Waals surface area contributed by atoms with E-state index in [1.54, 1.807) is 7.11 Å². The minimum absolute atomic E-state index is 0.589. The lowest BCUT2D eigenvalue weighted by molar-refractivity contribution is -0.149. The van der Waals surface area contributed by atoms with Crippen molar-refractivity contribution in [3.8, 4) is 5.75 Å². The number of aromatic nitrogens is 2. The van der Waals surface area contributed by atoms with Gasteiger partial charge in [-0.3, -0.25) is 9.97 Å². The van der Waals surface area contributed by atoms with Crippen LogP contribution in [0.25, 0.3) is 0 Å². The zero-order valence-corrected chi connectivity index (χ0v) is 16.7. The molecule has 0 atom stereocenters. The molecule has 0 N–H and O–H groups in total. The molecule has 1 aliphatic heterocycles. The molecular weight excluding hydrogens is 366 g/mol. The van der Waals surface area contributed by atoms with Gasteiger partial charge in [0, 0.05) is 18.0 Å². The molecule has 2 aromatic heterocycles. The third kappa shape index (κ3) is 4.39. The lowest BCUT2D eigenvalue weighted by Crippen LogP contribution is -2.25. The molecule has 0 saturated carbocycles. The van der Waals surface area contributed by atoms with Crippen molar-refractivity contribution in [1.29, 1.82) is 0 Å². The van der Waals surface area contributed by atoms with Crippen LogP contribution >= 0.6 is 0 Å². The number of ether oxygens (including phenoxy) is 3. The molecule has 0 aliphatic carbocycles. The normalized spacial score (nSPS) is 15.2. The summed E-state index contributed by atoms with van der Waals surface area (Å²) in [6, 6.07) is 18.0. The quantitative estimate of drug-likeness (QED) is 0.609. The summed E-state index contributed by atoms with van der Waals surface area (Å²) in [7, 11) is 1.68. The van der Waals surface area contributed by atoms with Gasteiger partial charge < -0.3 is 19.1 Å². The van der Waals surface area contributed by atoms with E-state index in [-0.39, 0.29) is 0 Å². The summed E-state index contributed by atoms with van der Waals surface area (Å²) in [6.07, 6.45) is 3.62. The van der Waals surface area contributed by atoms with Crippen LogP contribution in [0.5, 0.6) is 5.75 Å². The van der Waals surface area contributed by atoms with Crippen LogP contribution in [-0.2, 0) is 28.4 Å². The van der Waals surface area contributed by atoms with Crippen LogP contribution < -0.4 is 9.64 Å². The minimum atomic E-state index is -0.737. The van der Waals surface area contributed by atoms with Crippen molar-refractivity contribution < 1.29 is 14.2 Å². The Balaban J connectivity index is 1.68. The van der Waals surface area contributed by atoms with Crippen molar-refractivity contribution >= 4 is 5.69 Å². The summed E-state index contributed by atoms with van der Waals surface area (Å²) in [6.45, 7) is 4.39. The second-order valence-electron chi connectivity index (χ2n) is 7.03. The first kappa shape index (κ1) is 19.4. The Hall–Kier alpha value is -2.96. The van der Waals surface area contributed by atoms with Gasteiger partial charge in [0.2, 0.25) is 0 Å². The Morgan fingerprint density at radius 1 is 0.931 bits per heavy atom. The lowest BCUT2D eigenvalue weighted by atomic mass is 10.1.